The van der Waals surface area contributed by atoms with Crippen LogP contribution in [0.1, 0.15) is 48.9 Å². The number of aryl methyl sites for hydroxylation is 1. The van der Waals surface area contributed by atoms with Crippen LogP contribution in [0.4, 0.5) is 13.2 Å². The quantitative estimate of drug-likeness (QED) is 0.767. The molecule has 1 aromatic heterocycles. The average Bonchev–Trinajstić information content (AvgIpc) is 2.59. The van der Waals surface area contributed by atoms with Crippen LogP contribution in [0.15, 0.2) is 35.1 Å². The zero-order chi connectivity index (χ0) is 21.2. The van der Waals surface area contributed by atoms with Gasteiger partial charge in [0, 0.05) is 24.8 Å². The van der Waals surface area contributed by atoms with E-state index in [9.17, 15) is 22.8 Å². The zero-order valence-corrected chi connectivity index (χ0v) is 16.5. The molecule has 5 nitrogen and oxygen atoms in total. The predicted octanol–water partition coefficient (Wildman–Crippen LogP) is 4.07. The van der Waals surface area contributed by atoms with E-state index in [-0.39, 0.29) is 17.4 Å². The average molecular weight is 395 g/mol. The second kappa shape index (κ2) is 8.16. The topological polar surface area (TPSA) is 55.2 Å². The first kappa shape index (κ1) is 21.7. The fourth-order valence-electron chi connectivity index (χ4n) is 2.98. The molecule has 0 spiro atoms. The number of hydrogen-bond donors (Lipinski definition) is 0. The van der Waals surface area contributed by atoms with Crippen molar-refractivity contribution in [3.63, 3.8) is 0 Å². The van der Waals surface area contributed by atoms with Crippen LogP contribution >= 0.6 is 0 Å². The maximum Gasteiger partial charge on any atom is 0.416 e. The Labute approximate surface area is 161 Å². The Bertz CT molecular complexity index is 920. The van der Waals surface area contributed by atoms with Crippen LogP contribution in [0.3, 0.4) is 0 Å². The molecule has 8 heteroatoms. The molecule has 28 heavy (non-hydrogen) atoms. The van der Waals surface area contributed by atoms with Crippen molar-refractivity contribution in [3.05, 3.63) is 57.5 Å². The van der Waals surface area contributed by atoms with E-state index in [2.05, 4.69) is 5.10 Å². The van der Waals surface area contributed by atoms with Crippen LogP contribution in [0.25, 0.3) is 5.69 Å². The van der Waals surface area contributed by atoms with Crippen molar-refractivity contribution in [3.8, 4) is 5.69 Å². The minimum absolute atomic E-state index is 0.114. The van der Waals surface area contributed by atoms with Gasteiger partial charge in [-0.1, -0.05) is 19.9 Å². The van der Waals surface area contributed by atoms with Gasteiger partial charge in [-0.05, 0) is 44.4 Å². The molecular weight excluding hydrogens is 371 g/mol. The summed E-state index contributed by atoms with van der Waals surface area (Å²) in [4.78, 5) is 26.6. The molecule has 1 amide bonds. The number of hydrogen-bond acceptors (Lipinski definition) is 3. The van der Waals surface area contributed by atoms with Crippen LogP contribution in [0.2, 0.25) is 0 Å². The van der Waals surface area contributed by atoms with Gasteiger partial charge in [-0.15, -0.1) is 0 Å². The second-order valence-electron chi connectivity index (χ2n) is 7.35. The summed E-state index contributed by atoms with van der Waals surface area (Å²) < 4.78 is 40.2. The van der Waals surface area contributed by atoms with Gasteiger partial charge < -0.3 is 4.90 Å². The maximum atomic E-state index is 13.0. The number of alkyl halides is 3. The van der Waals surface area contributed by atoms with Crippen molar-refractivity contribution in [2.75, 3.05) is 7.05 Å². The van der Waals surface area contributed by atoms with Crippen molar-refractivity contribution in [2.24, 2.45) is 5.92 Å². The predicted molar refractivity (Wildman–Crippen MR) is 101 cm³/mol. The minimum atomic E-state index is -4.51. The number of aromatic nitrogens is 2. The first-order valence-corrected chi connectivity index (χ1v) is 8.97. The molecular formula is C20H24F3N3O2. The van der Waals surface area contributed by atoms with Gasteiger partial charge in [0.25, 0.3) is 5.91 Å². The van der Waals surface area contributed by atoms with Crippen LogP contribution < -0.4 is 5.43 Å². The van der Waals surface area contributed by atoms with Crippen LogP contribution in [-0.2, 0) is 6.18 Å². The summed E-state index contributed by atoms with van der Waals surface area (Å²) in [5.74, 6) is -0.197. The summed E-state index contributed by atoms with van der Waals surface area (Å²) in [5, 5.41) is 4.09. The lowest BCUT2D eigenvalue weighted by Crippen LogP contribution is -2.39. The van der Waals surface area contributed by atoms with Gasteiger partial charge in [0.1, 0.15) is 0 Å². The van der Waals surface area contributed by atoms with E-state index in [1.807, 2.05) is 20.8 Å². The Balaban J connectivity index is 2.48. The van der Waals surface area contributed by atoms with Crippen molar-refractivity contribution in [1.29, 1.82) is 0 Å². The summed E-state index contributed by atoms with van der Waals surface area (Å²) >= 11 is 0. The highest BCUT2D eigenvalue weighted by atomic mass is 19.4. The lowest BCUT2D eigenvalue weighted by atomic mass is 10.0. The Hall–Kier alpha value is -2.64. The van der Waals surface area contributed by atoms with E-state index >= 15 is 0 Å². The lowest BCUT2D eigenvalue weighted by Gasteiger charge is -2.26. The number of carbonyl (C=O) groups excluding carboxylic acids is 1. The first-order chi connectivity index (χ1) is 12.9. The van der Waals surface area contributed by atoms with E-state index in [0.717, 1.165) is 18.6 Å². The molecule has 152 valence electrons. The molecule has 0 fully saturated rings. The molecule has 1 atom stereocenters. The van der Waals surface area contributed by atoms with Crippen LogP contribution in [-0.4, -0.2) is 33.7 Å². The molecule has 0 bridgehead atoms. The van der Waals surface area contributed by atoms with Gasteiger partial charge in [0.2, 0.25) is 5.43 Å². The van der Waals surface area contributed by atoms with E-state index in [0.29, 0.717) is 11.6 Å². The Kier molecular flexibility index (Phi) is 6.31. The number of benzene rings is 1. The lowest BCUT2D eigenvalue weighted by molar-refractivity contribution is -0.137. The molecule has 2 rings (SSSR count). The maximum absolute atomic E-state index is 13.0. The normalized spacial score (nSPS) is 12.9. The van der Waals surface area contributed by atoms with E-state index in [4.69, 9.17) is 0 Å². The van der Waals surface area contributed by atoms with Crippen molar-refractivity contribution < 1.29 is 18.0 Å². The second-order valence-corrected chi connectivity index (χ2v) is 7.35. The third-order valence-corrected chi connectivity index (χ3v) is 4.52. The van der Waals surface area contributed by atoms with E-state index < -0.39 is 23.1 Å². The molecule has 0 aliphatic carbocycles. The first-order valence-electron chi connectivity index (χ1n) is 8.97. The Morgan fingerprint density at radius 1 is 1.21 bits per heavy atom. The van der Waals surface area contributed by atoms with Crippen molar-refractivity contribution in [1.82, 2.24) is 14.7 Å². The van der Waals surface area contributed by atoms with Gasteiger partial charge in [-0.3, -0.25) is 9.59 Å². The number of halogens is 3. The Morgan fingerprint density at radius 3 is 2.43 bits per heavy atom. The van der Waals surface area contributed by atoms with Crippen molar-refractivity contribution >= 4 is 5.91 Å². The van der Waals surface area contributed by atoms with Crippen LogP contribution in [0, 0.1) is 12.8 Å². The minimum Gasteiger partial charge on any atom is -0.337 e. The summed E-state index contributed by atoms with van der Waals surface area (Å²) in [6, 6.07) is 5.69. The van der Waals surface area contributed by atoms with E-state index in [1.165, 1.54) is 27.8 Å². The zero-order valence-electron chi connectivity index (χ0n) is 16.5. The third kappa shape index (κ3) is 4.79. The highest BCUT2D eigenvalue weighted by Crippen LogP contribution is 2.30. The fourth-order valence-corrected chi connectivity index (χ4v) is 2.98. The monoisotopic (exact) mass is 395 g/mol. The molecule has 1 aromatic carbocycles. The third-order valence-electron chi connectivity index (χ3n) is 4.52. The van der Waals surface area contributed by atoms with Gasteiger partial charge in [-0.2, -0.15) is 18.3 Å². The Morgan fingerprint density at radius 2 is 1.86 bits per heavy atom. The molecule has 0 aliphatic heterocycles. The van der Waals surface area contributed by atoms with E-state index in [1.54, 1.807) is 14.0 Å². The molecule has 1 unspecified atom stereocenters. The molecule has 1 heterocycles. The molecule has 0 radical (unpaired) electrons. The van der Waals surface area contributed by atoms with Gasteiger partial charge in [0.15, 0.2) is 5.69 Å². The van der Waals surface area contributed by atoms with Gasteiger partial charge in [-0.25, -0.2) is 4.68 Å². The number of carbonyl (C=O) groups is 1. The largest absolute Gasteiger partial charge is 0.416 e. The number of nitrogens with zero attached hydrogens (tertiary/aromatic N) is 3. The van der Waals surface area contributed by atoms with Crippen LogP contribution in [0.5, 0.6) is 0 Å². The van der Waals surface area contributed by atoms with Crippen molar-refractivity contribution in [2.45, 2.75) is 46.3 Å². The molecule has 0 N–H and O–H groups in total. The standard InChI is InChI=1S/C20H24F3N3O2/c1-12(2)9-13(3)25(5)19(28)18-17(27)10-14(4)26(24-18)16-8-6-7-15(11-16)20(21,22)23/h6-8,10-13H,9H2,1-5H3. The summed E-state index contributed by atoms with van der Waals surface area (Å²) in [6.45, 7) is 7.48. The SMILES string of the molecule is Cc1cc(=O)c(C(=O)N(C)C(C)CC(C)C)nn1-c1cccc(C(F)(F)F)c1. The smallest absolute Gasteiger partial charge is 0.337 e. The number of amides is 1. The highest BCUT2D eigenvalue weighted by Gasteiger charge is 2.31. The molecule has 2 aromatic rings. The summed E-state index contributed by atoms with van der Waals surface area (Å²) in [7, 11) is 1.59. The highest BCUT2D eigenvalue weighted by molar-refractivity contribution is 5.92. The van der Waals surface area contributed by atoms with Gasteiger partial charge >= 0.3 is 6.18 Å². The fraction of sp³-hybridized carbons (Fsp3) is 0.450. The van der Waals surface area contributed by atoms with Gasteiger partial charge in [0.05, 0.1) is 11.3 Å². The molecule has 0 aliphatic rings. The molecule has 0 saturated heterocycles. The summed E-state index contributed by atoms with van der Waals surface area (Å²) in [5.41, 5.74) is -1.26. The summed E-state index contributed by atoms with van der Waals surface area (Å²) in [6.07, 6.45) is -3.76. The number of rotatable bonds is 5. The molecule has 0 saturated carbocycles.